The molecule has 0 saturated heterocycles. The molecular formula is C33H48N2O5S. The fraction of sp³-hybridized carbons (Fsp3) is 0.455. The predicted molar refractivity (Wildman–Crippen MR) is 171 cm³/mol. The van der Waals surface area contributed by atoms with E-state index in [0.29, 0.717) is 11.6 Å². The molecule has 0 saturated carbocycles. The number of carbonyl (C=O) groups excluding carboxylic acids is 2. The lowest BCUT2D eigenvalue weighted by Crippen LogP contribution is -2.26. The number of Topliss-reactive ketones (excluding diaryl/α,β-unsaturated/α-hetero) is 1. The summed E-state index contributed by atoms with van der Waals surface area (Å²) in [6.45, 7) is 17.0. The van der Waals surface area contributed by atoms with E-state index >= 15 is 0 Å². The molecule has 0 aliphatic carbocycles. The van der Waals surface area contributed by atoms with Crippen molar-refractivity contribution in [1.29, 1.82) is 0 Å². The smallest absolute Gasteiger partial charge is 0.308 e. The van der Waals surface area contributed by atoms with Crippen molar-refractivity contribution in [2.45, 2.75) is 88.9 Å². The molecule has 0 fully saturated rings. The molecule has 0 spiro atoms. The van der Waals surface area contributed by atoms with Gasteiger partial charge in [-0.2, -0.15) is 0 Å². The van der Waals surface area contributed by atoms with Crippen molar-refractivity contribution in [3.05, 3.63) is 65.9 Å². The maximum Gasteiger partial charge on any atom is 0.308 e. The lowest BCUT2D eigenvalue weighted by atomic mass is 10.1. The van der Waals surface area contributed by atoms with Crippen LogP contribution in [0.4, 0.5) is 0 Å². The molecule has 1 aromatic carbocycles. The number of furan rings is 1. The molecule has 0 aliphatic rings. The lowest BCUT2D eigenvalue weighted by molar-refractivity contribution is -0.158. The number of hydrogen-bond acceptors (Lipinski definition) is 8. The summed E-state index contributed by atoms with van der Waals surface area (Å²) in [5.74, 6) is 0.981. The van der Waals surface area contributed by atoms with Crippen LogP contribution in [0.15, 0.2) is 64.6 Å². The number of ether oxygens (including phenoxy) is 2. The first kappa shape index (κ1) is 37.5. The quantitative estimate of drug-likeness (QED) is 0.165. The van der Waals surface area contributed by atoms with Gasteiger partial charge in [0, 0.05) is 5.92 Å². The van der Waals surface area contributed by atoms with Crippen LogP contribution in [-0.2, 0) is 9.53 Å². The van der Waals surface area contributed by atoms with Crippen molar-refractivity contribution in [2.24, 2.45) is 11.8 Å². The minimum atomic E-state index is -0.346. The van der Waals surface area contributed by atoms with Crippen molar-refractivity contribution in [3.8, 4) is 16.5 Å². The third-order valence-corrected chi connectivity index (χ3v) is 5.68. The van der Waals surface area contributed by atoms with Gasteiger partial charge in [0.05, 0.1) is 34.2 Å². The Morgan fingerprint density at radius 3 is 1.85 bits per heavy atom. The molecule has 0 amide bonds. The highest BCUT2D eigenvalue weighted by atomic mass is 32.1. The largest absolute Gasteiger partial charge is 0.473 e. The van der Waals surface area contributed by atoms with Crippen molar-refractivity contribution >= 4 is 34.1 Å². The SMILES string of the molecule is C.C.CC(C)C(=O)OC(C)(C)C.CC(C)C(=O)c1ccco1.CC(C)Oc1nc2ccccc2nc1-c1cccs1. The first-order chi connectivity index (χ1) is 18.3. The Kier molecular flexibility index (Phi) is 15.8. The average molecular weight is 585 g/mol. The summed E-state index contributed by atoms with van der Waals surface area (Å²) in [7, 11) is 0. The second kappa shape index (κ2) is 17.3. The molecule has 0 atom stereocenters. The van der Waals surface area contributed by atoms with Crippen LogP contribution < -0.4 is 4.74 Å². The molecule has 7 nitrogen and oxygen atoms in total. The number of rotatable bonds is 6. The summed E-state index contributed by atoms with van der Waals surface area (Å²) in [6, 6.07) is 15.3. The molecule has 3 aromatic heterocycles. The summed E-state index contributed by atoms with van der Waals surface area (Å²) in [6.07, 6.45) is 1.59. The normalized spacial score (nSPS) is 10.5. The standard InChI is InChI=1S/C15H14N2OS.C8H10O2.C8H16O2.2CH4/c1-10(2)18-15-14(13-8-5-9-19-13)16-11-6-3-4-7-12(11)17-15;1-6(2)8(9)7-4-3-5-10-7;1-6(2)7(9)10-8(3,4)5;;/h3-10H,1-2H3;3-6H,1-2H3;6H,1-5H3;2*1H4. The van der Waals surface area contributed by atoms with E-state index in [-0.39, 0.29) is 50.1 Å². The van der Waals surface area contributed by atoms with E-state index in [1.54, 1.807) is 23.5 Å². The van der Waals surface area contributed by atoms with Gasteiger partial charge in [-0.25, -0.2) is 9.97 Å². The molecule has 0 aliphatic heterocycles. The second-order valence-corrected chi connectivity index (χ2v) is 11.6. The summed E-state index contributed by atoms with van der Waals surface area (Å²) < 4.78 is 15.8. The number of fused-ring (bicyclic) bond motifs is 1. The zero-order valence-electron chi connectivity index (χ0n) is 24.3. The third-order valence-electron chi connectivity index (χ3n) is 4.81. The summed E-state index contributed by atoms with van der Waals surface area (Å²) in [4.78, 5) is 32.4. The average Bonchev–Trinajstić information content (AvgIpc) is 3.57. The molecule has 0 unspecified atom stereocenters. The van der Waals surface area contributed by atoms with Crippen LogP contribution in [0.1, 0.15) is 87.7 Å². The minimum absolute atomic E-state index is 0. The Morgan fingerprint density at radius 1 is 0.829 bits per heavy atom. The summed E-state index contributed by atoms with van der Waals surface area (Å²) in [5.41, 5.74) is 2.23. The Bertz CT molecular complexity index is 1310. The van der Waals surface area contributed by atoms with Crippen LogP contribution in [0, 0.1) is 11.8 Å². The minimum Gasteiger partial charge on any atom is -0.473 e. The van der Waals surface area contributed by atoms with Crippen LogP contribution >= 0.6 is 11.3 Å². The summed E-state index contributed by atoms with van der Waals surface area (Å²) >= 11 is 1.64. The van der Waals surface area contributed by atoms with Gasteiger partial charge in [0.15, 0.2) is 11.5 Å². The predicted octanol–water partition coefficient (Wildman–Crippen LogP) is 9.52. The van der Waals surface area contributed by atoms with Gasteiger partial charge in [-0.3, -0.25) is 9.59 Å². The molecule has 0 bridgehead atoms. The van der Waals surface area contributed by atoms with E-state index in [4.69, 9.17) is 18.9 Å². The number of ketones is 1. The van der Waals surface area contributed by atoms with Gasteiger partial charge in [-0.1, -0.05) is 60.7 Å². The van der Waals surface area contributed by atoms with Crippen molar-refractivity contribution in [1.82, 2.24) is 9.97 Å². The van der Waals surface area contributed by atoms with Crippen molar-refractivity contribution < 1.29 is 23.5 Å². The van der Waals surface area contributed by atoms with Crippen LogP contribution in [0.2, 0.25) is 0 Å². The number of hydrogen-bond donors (Lipinski definition) is 0. The molecule has 4 aromatic rings. The highest BCUT2D eigenvalue weighted by Crippen LogP contribution is 2.32. The van der Waals surface area contributed by atoms with E-state index in [9.17, 15) is 9.59 Å². The molecular weight excluding hydrogens is 536 g/mol. The molecule has 4 rings (SSSR count). The fourth-order valence-electron chi connectivity index (χ4n) is 2.99. The van der Waals surface area contributed by atoms with Crippen LogP contribution in [0.5, 0.6) is 5.88 Å². The van der Waals surface area contributed by atoms with Gasteiger partial charge in [-0.05, 0) is 70.3 Å². The van der Waals surface area contributed by atoms with Crippen LogP contribution in [0.25, 0.3) is 21.6 Å². The van der Waals surface area contributed by atoms with Gasteiger partial charge < -0.3 is 13.9 Å². The maximum atomic E-state index is 11.1. The van der Waals surface area contributed by atoms with Gasteiger partial charge in [-0.15, -0.1) is 11.3 Å². The van der Waals surface area contributed by atoms with Crippen molar-refractivity contribution in [2.75, 3.05) is 0 Å². The number of aromatic nitrogens is 2. The second-order valence-electron chi connectivity index (χ2n) is 10.7. The van der Waals surface area contributed by atoms with Crippen LogP contribution in [0.3, 0.4) is 0 Å². The maximum absolute atomic E-state index is 11.1. The van der Waals surface area contributed by atoms with E-state index in [1.165, 1.54) is 6.26 Å². The zero-order chi connectivity index (χ0) is 29.2. The third kappa shape index (κ3) is 12.7. The van der Waals surface area contributed by atoms with E-state index in [2.05, 4.69) is 4.98 Å². The number of benzene rings is 1. The van der Waals surface area contributed by atoms with Gasteiger partial charge in [0.1, 0.15) is 11.3 Å². The van der Waals surface area contributed by atoms with E-state index < -0.39 is 0 Å². The Hall–Kier alpha value is -3.52. The molecule has 8 heteroatoms. The van der Waals surface area contributed by atoms with Gasteiger partial charge in [0.25, 0.3) is 0 Å². The zero-order valence-corrected chi connectivity index (χ0v) is 25.2. The van der Waals surface area contributed by atoms with E-state index in [1.807, 2.05) is 104 Å². The van der Waals surface area contributed by atoms with Gasteiger partial charge >= 0.3 is 5.97 Å². The first-order valence-corrected chi connectivity index (χ1v) is 13.9. The molecule has 3 heterocycles. The highest BCUT2D eigenvalue weighted by molar-refractivity contribution is 7.13. The monoisotopic (exact) mass is 584 g/mol. The van der Waals surface area contributed by atoms with E-state index in [0.717, 1.165) is 21.6 Å². The molecule has 0 radical (unpaired) electrons. The highest BCUT2D eigenvalue weighted by Gasteiger charge is 2.18. The van der Waals surface area contributed by atoms with Crippen LogP contribution in [-0.4, -0.2) is 33.4 Å². The topological polar surface area (TPSA) is 91.5 Å². The number of thiophene rings is 1. The Labute approximate surface area is 250 Å². The first-order valence-electron chi connectivity index (χ1n) is 13.1. The molecule has 226 valence electrons. The lowest BCUT2D eigenvalue weighted by Gasteiger charge is -2.20. The summed E-state index contributed by atoms with van der Waals surface area (Å²) in [5, 5.41) is 2.03. The number of esters is 1. The molecule has 41 heavy (non-hydrogen) atoms. The Balaban J connectivity index is 0.000000627. The fourth-order valence-corrected chi connectivity index (χ4v) is 3.69. The number of carbonyl (C=O) groups is 2. The molecule has 0 N–H and O–H groups in total. The number of para-hydroxylation sites is 2. The number of nitrogens with zero attached hydrogens (tertiary/aromatic N) is 2. The van der Waals surface area contributed by atoms with Gasteiger partial charge in [0.2, 0.25) is 5.88 Å². The van der Waals surface area contributed by atoms with Crippen molar-refractivity contribution in [3.63, 3.8) is 0 Å². The Morgan fingerprint density at radius 2 is 1.44 bits per heavy atom.